The fourth-order valence-electron chi connectivity index (χ4n) is 1.07. The number of carboxylic acid groups (broad SMARTS) is 1. The molecule has 0 aliphatic heterocycles. The molecular formula is C7H10O3. The zero-order valence-electron chi connectivity index (χ0n) is 5.53. The fraction of sp³-hybridized carbons (Fsp3) is 0.571. The van der Waals surface area contributed by atoms with Gasteiger partial charge in [0.15, 0.2) is 0 Å². The van der Waals surface area contributed by atoms with Crippen LogP contribution in [0.25, 0.3) is 0 Å². The second-order valence-electron chi connectivity index (χ2n) is 2.50. The number of allylic oxidation sites excluding steroid dienone is 1. The van der Waals surface area contributed by atoms with Crippen LogP contribution in [-0.2, 0) is 4.79 Å². The highest BCUT2D eigenvalue weighted by atomic mass is 16.4. The smallest absolute Gasteiger partial charge is 0.306 e. The van der Waals surface area contributed by atoms with Crippen molar-refractivity contribution in [3.05, 3.63) is 12.2 Å². The summed E-state index contributed by atoms with van der Waals surface area (Å²) in [7, 11) is 0. The van der Waals surface area contributed by atoms with Gasteiger partial charge in [0, 0.05) is 0 Å². The minimum absolute atomic E-state index is 0.353. The maximum atomic E-state index is 10.4. The van der Waals surface area contributed by atoms with Crippen LogP contribution in [0.5, 0.6) is 0 Å². The SMILES string of the molecule is O=C(O)[C@@H]1CC=C[C@H](O)C1. The predicted octanol–water partition coefficient (Wildman–Crippen LogP) is 0.398. The third-order valence-corrected chi connectivity index (χ3v) is 1.65. The van der Waals surface area contributed by atoms with Gasteiger partial charge in [0.2, 0.25) is 0 Å². The van der Waals surface area contributed by atoms with Crippen LogP contribution in [0.2, 0.25) is 0 Å². The maximum absolute atomic E-state index is 10.4. The number of hydrogen-bond acceptors (Lipinski definition) is 2. The Bertz CT molecular complexity index is 162. The second-order valence-corrected chi connectivity index (χ2v) is 2.50. The molecule has 0 radical (unpaired) electrons. The summed E-state index contributed by atoms with van der Waals surface area (Å²) in [5.41, 5.74) is 0. The van der Waals surface area contributed by atoms with Crippen molar-refractivity contribution in [2.75, 3.05) is 0 Å². The summed E-state index contributed by atoms with van der Waals surface area (Å²) in [4.78, 5) is 10.4. The van der Waals surface area contributed by atoms with Crippen LogP contribution in [0, 0.1) is 5.92 Å². The standard InChI is InChI=1S/C7H10O3/c8-6-3-1-2-5(4-6)7(9)10/h1,3,5-6,8H,2,4H2,(H,9,10)/t5-,6+/m1/s1. The molecule has 0 aromatic heterocycles. The Kier molecular flexibility index (Phi) is 2.06. The molecule has 0 unspecified atom stereocenters. The van der Waals surface area contributed by atoms with E-state index < -0.39 is 12.1 Å². The molecule has 0 fully saturated rings. The van der Waals surface area contributed by atoms with E-state index in [0.29, 0.717) is 12.8 Å². The molecular weight excluding hydrogens is 132 g/mol. The van der Waals surface area contributed by atoms with Crippen LogP contribution >= 0.6 is 0 Å². The van der Waals surface area contributed by atoms with E-state index in [4.69, 9.17) is 10.2 Å². The Hall–Kier alpha value is -0.830. The van der Waals surface area contributed by atoms with Gasteiger partial charge in [-0.2, -0.15) is 0 Å². The van der Waals surface area contributed by atoms with E-state index in [1.165, 1.54) is 0 Å². The molecule has 2 N–H and O–H groups in total. The number of aliphatic hydroxyl groups excluding tert-OH is 1. The molecule has 1 rings (SSSR count). The Labute approximate surface area is 59.0 Å². The molecule has 0 amide bonds. The van der Waals surface area contributed by atoms with Gasteiger partial charge in [-0.3, -0.25) is 4.79 Å². The van der Waals surface area contributed by atoms with Crippen molar-refractivity contribution < 1.29 is 15.0 Å². The fourth-order valence-corrected chi connectivity index (χ4v) is 1.07. The lowest BCUT2D eigenvalue weighted by Crippen LogP contribution is -2.21. The molecule has 0 saturated heterocycles. The summed E-state index contributed by atoms with van der Waals surface area (Å²) in [6.07, 6.45) is 3.69. The quantitative estimate of drug-likeness (QED) is 0.521. The van der Waals surface area contributed by atoms with Crippen LogP contribution in [0.15, 0.2) is 12.2 Å². The topological polar surface area (TPSA) is 57.5 Å². The predicted molar refractivity (Wildman–Crippen MR) is 35.5 cm³/mol. The van der Waals surface area contributed by atoms with E-state index in [1.54, 1.807) is 12.2 Å². The van der Waals surface area contributed by atoms with Crippen molar-refractivity contribution in [1.82, 2.24) is 0 Å². The maximum Gasteiger partial charge on any atom is 0.306 e. The van der Waals surface area contributed by atoms with Gasteiger partial charge in [0.05, 0.1) is 12.0 Å². The van der Waals surface area contributed by atoms with Crippen LogP contribution in [-0.4, -0.2) is 22.3 Å². The van der Waals surface area contributed by atoms with Crippen LogP contribution in [0.4, 0.5) is 0 Å². The van der Waals surface area contributed by atoms with Gasteiger partial charge in [-0.15, -0.1) is 0 Å². The van der Waals surface area contributed by atoms with E-state index >= 15 is 0 Å². The van der Waals surface area contributed by atoms with Gasteiger partial charge in [-0.1, -0.05) is 12.2 Å². The minimum atomic E-state index is -0.816. The normalized spacial score (nSPS) is 32.1. The lowest BCUT2D eigenvalue weighted by atomic mass is 9.93. The summed E-state index contributed by atoms with van der Waals surface area (Å²) in [6.45, 7) is 0. The molecule has 2 atom stereocenters. The molecule has 0 aromatic carbocycles. The zero-order chi connectivity index (χ0) is 7.56. The van der Waals surface area contributed by atoms with Crippen molar-refractivity contribution in [3.63, 3.8) is 0 Å². The van der Waals surface area contributed by atoms with Gasteiger partial charge < -0.3 is 10.2 Å². The average Bonchev–Trinajstić information content (AvgIpc) is 1.88. The molecule has 1 aliphatic rings. The lowest BCUT2D eigenvalue weighted by Gasteiger charge is -2.16. The first-order chi connectivity index (χ1) is 4.70. The third kappa shape index (κ3) is 1.57. The molecule has 0 bridgehead atoms. The van der Waals surface area contributed by atoms with Gasteiger partial charge in [0.25, 0.3) is 0 Å². The molecule has 56 valence electrons. The lowest BCUT2D eigenvalue weighted by molar-refractivity contribution is -0.142. The van der Waals surface area contributed by atoms with Crippen molar-refractivity contribution >= 4 is 5.97 Å². The summed E-state index contributed by atoms with van der Waals surface area (Å²) < 4.78 is 0. The Morgan fingerprint density at radius 2 is 2.30 bits per heavy atom. The van der Waals surface area contributed by atoms with Crippen LogP contribution in [0.1, 0.15) is 12.8 Å². The molecule has 0 aromatic rings. The van der Waals surface area contributed by atoms with Gasteiger partial charge >= 0.3 is 5.97 Å². The van der Waals surface area contributed by atoms with Crippen molar-refractivity contribution in [3.8, 4) is 0 Å². The first-order valence-electron chi connectivity index (χ1n) is 3.27. The minimum Gasteiger partial charge on any atom is -0.481 e. The molecule has 3 nitrogen and oxygen atoms in total. The highest BCUT2D eigenvalue weighted by Crippen LogP contribution is 2.18. The average molecular weight is 142 g/mol. The molecule has 10 heavy (non-hydrogen) atoms. The van der Waals surface area contributed by atoms with Crippen LogP contribution < -0.4 is 0 Å². The largest absolute Gasteiger partial charge is 0.481 e. The summed E-state index contributed by atoms with van der Waals surface area (Å²) in [5.74, 6) is -1.21. The molecule has 0 heterocycles. The highest BCUT2D eigenvalue weighted by Gasteiger charge is 2.21. The van der Waals surface area contributed by atoms with E-state index in [1.807, 2.05) is 0 Å². The second kappa shape index (κ2) is 2.84. The number of rotatable bonds is 1. The number of aliphatic hydroxyl groups is 1. The molecule has 0 saturated carbocycles. The number of carboxylic acids is 1. The van der Waals surface area contributed by atoms with E-state index in [2.05, 4.69) is 0 Å². The monoisotopic (exact) mass is 142 g/mol. The Morgan fingerprint density at radius 1 is 1.60 bits per heavy atom. The zero-order valence-corrected chi connectivity index (χ0v) is 5.53. The summed E-state index contributed by atoms with van der Waals surface area (Å²) in [5, 5.41) is 17.5. The highest BCUT2D eigenvalue weighted by molar-refractivity contribution is 5.70. The number of hydrogen-bond donors (Lipinski definition) is 2. The van der Waals surface area contributed by atoms with Crippen molar-refractivity contribution in [2.24, 2.45) is 5.92 Å². The first-order valence-corrected chi connectivity index (χ1v) is 3.27. The molecule has 0 spiro atoms. The van der Waals surface area contributed by atoms with E-state index in [-0.39, 0.29) is 5.92 Å². The van der Waals surface area contributed by atoms with Crippen molar-refractivity contribution in [1.29, 1.82) is 0 Å². The molecule has 3 heteroatoms. The van der Waals surface area contributed by atoms with Gasteiger partial charge in [-0.25, -0.2) is 0 Å². The van der Waals surface area contributed by atoms with Gasteiger partial charge in [0.1, 0.15) is 0 Å². The van der Waals surface area contributed by atoms with E-state index in [0.717, 1.165) is 0 Å². The van der Waals surface area contributed by atoms with Crippen molar-refractivity contribution in [2.45, 2.75) is 18.9 Å². The van der Waals surface area contributed by atoms with Crippen LogP contribution in [0.3, 0.4) is 0 Å². The number of aliphatic carboxylic acids is 1. The summed E-state index contributed by atoms with van der Waals surface area (Å²) in [6, 6.07) is 0. The third-order valence-electron chi connectivity index (χ3n) is 1.65. The van der Waals surface area contributed by atoms with E-state index in [9.17, 15) is 4.79 Å². The first kappa shape index (κ1) is 7.28. The summed E-state index contributed by atoms with van der Waals surface area (Å²) >= 11 is 0. The molecule has 1 aliphatic carbocycles. The number of carbonyl (C=O) groups is 1. The Morgan fingerprint density at radius 3 is 2.70 bits per heavy atom. The van der Waals surface area contributed by atoms with Gasteiger partial charge in [-0.05, 0) is 12.8 Å². The Balaban J connectivity index is 2.52.